The molecule has 0 atom stereocenters. The van der Waals surface area contributed by atoms with Gasteiger partial charge in [0, 0.05) is 18.0 Å². The first kappa shape index (κ1) is 18.2. The van der Waals surface area contributed by atoms with E-state index in [-0.39, 0.29) is 6.61 Å². The van der Waals surface area contributed by atoms with Crippen molar-refractivity contribution in [2.24, 2.45) is 10.7 Å². The van der Waals surface area contributed by atoms with Gasteiger partial charge in [0.2, 0.25) is 0 Å². The molecule has 1 heterocycles. The summed E-state index contributed by atoms with van der Waals surface area (Å²) in [6, 6.07) is 4.94. The Morgan fingerprint density at radius 1 is 1.38 bits per heavy atom. The van der Waals surface area contributed by atoms with Gasteiger partial charge in [-0.05, 0) is 25.1 Å². The van der Waals surface area contributed by atoms with E-state index in [1.54, 1.807) is 30.7 Å². The maximum Gasteiger partial charge on any atom is 0.283 e. The molecule has 0 unspecified atom stereocenters. The molecule has 0 aliphatic heterocycles. The van der Waals surface area contributed by atoms with Crippen LogP contribution in [0.1, 0.15) is 22.5 Å². The fourth-order valence-electron chi connectivity index (χ4n) is 2.19. The van der Waals surface area contributed by atoms with Crippen molar-refractivity contribution >= 4 is 17.2 Å². The third kappa shape index (κ3) is 4.02. The fourth-order valence-corrected chi connectivity index (χ4v) is 3.11. The van der Waals surface area contributed by atoms with Crippen molar-refractivity contribution in [3.63, 3.8) is 0 Å². The first-order chi connectivity index (χ1) is 11.6. The van der Waals surface area contributed by atoms with E-state index in [4.69, 9.17) is 15.2 Å². The smallest absolute Gasteiger partial charge is 0.283 e. The van der Waals surface area contributed by atoms with Crippen LogP contribution >= 0.6 is 11.3 Å². The largest absolute Gasteiger partial charge is 0.497 e. The van der Waals surface area contributed by atoms with Gasteiger partial charge in [-0.2, -0.15) is 4.99 Å². The predicted molar refractivity (Wildman–Crippen MR) is 91.3 cm³/mol. The number of hydrogen-bond donors (Lipinski definition) is 2. The molecule has 1 amide bonds. The van der Waals surface area contributed by atoms with E-state index in [9.17, 15) is 9.90 Å². The Balaban J connectivity index is 2.41. The maximum atomic E-state index is 12.5. The summed E-state index contributed by atoms with van der Waals surface area (Å²) in [7, 11) is 3.03. The molecule has 7 nitrogen and oxygen atoms in total. The van der Waals surface area contributed by atoms with Crippen LogP contribution in [0.5, 0.6) is 11.5 Å². The molecule has 0 bridgehead atoms. The number of hydrogen-bond acceptors (Lipinski definition) is 6. The van der Waals surface area contributed by atoms with Gasteiger partial charge in [0.15, 0.2) is 4.80 Å². The van der Waals surface area contributed by atoms with E-state index >= 15 is 0 Å². The van der Waals surface area contributed by atoms with Crippen molar-refractivity contribution in [1.29, 1.82) is 0 Å². The minimum Gasteiger partial charge on any atom is -0.497 e. The van der Waals surface area contributed by atoms with Gasteiger partial charge in [-0.15, -0.1) is 11.3 Å². The quantitative estimate of drug-likeness (QED) is 0.779. The minimum atomic E-state index is -0.414. The Hall–Kier alpha value is -2.16. The number of ether oxygens (including phenoxy) is 2. The van der Waals surface area contributed by atoms with Crippen molar-refractivity contribution in [1.82, 2.24) is 4.57 Å². The second-order valence-electron chi connectivity index (χ2n) is 4.94. The molecule has 2 aromatic rings. The molecule has 0 aliphatic rings. The molecule has 0 fully saturated rings. The summed E-state index contributed by atoms with van der Waals surface area (Å²) in [5.74, 6) is 0.581. The summed E-state index contributed by atoms with van der Waals surface area (Å²) in [5.41, 5.74) is 6.61. The molecule has 24 heavy (non-hydrogen) atoms. The molecule has 1 aromatic heterocycles. The topological polar surface area (TPSA) is 99.1 Å². The van der Waals surface area contributed by atoms with Gasteiger partial charge < -0.3 is 24.9 Å². The van der Waals surface area contributed by atoms with Gasteiger partial charge in [-0.25, -0.2) is 0 Å². The fraction of sp³-hybridized carbons (Fsp3) is 0.375. The number of amides is 1. The highest BCUT2D eigenvalue weighted by Crippen LogP contribution is 2.25. The average molecular weight is 351 g/mol. The molecular formula is C16H21N3O4S. The molecule has 0 radical (unpaired) electrons. The molecule has 0 spiro atoms. The van der Waals surface area contributed by atoms with Crippen molar-refractivity contribution < 1.29 is 19.4 Å². The number of carbonyl (C=O) groups excluding carboxylic acids is 1. The van der Waals surface area contributed by atoms with Crippen molar-refractivity contribution in [2.75, 3.05) is 20.8 Å². The lowest BCUT2D eigenvalue weighted by Gasteiger charge is -2.08. The van der Waals surface area contributed by atoms with Crippen molar-refractivity contribution in [3.05, 3.63) is 39.6 Å². The summed E-state index contributed by atoms with van der Waals surface area (Å²) in [4.78, 5) is 17.2. The first-order valence-electron chi connectivity index (χ1n) is 7.43. The number of aromatic nitrogens is 1. The number of benzene rings is 1. The van der Waals surface area contributed by atoms with Gasteiger partial charge in [0.25, 0.3) is 5.91 Å². The number of aliphatic hydroxyl groups excluding tert-OH is 1. The lowest BCUT2D eigenvalue weighted by molar-refractivity contribution is 0.0994. The lowest BCUT2D eigenvalue weighted by Crippen LogP contribution is -2.21. The molecule has 0 saturated heterocycles. The van der Waals surface area contributed by atoms with Crippen LogP contribution in [-0.4, -0.2) is 36.3 Å². The summed E-state index contributed by atoms with van der Waals surface area (Å²) >= 11 is 1.30. The van der Waals surface area contributed by atoms with Crippen LogP contribution in [0.2, 0.25) is 0 Å². The zero-order valence-electron chi connectivity index (χ0n) is 13.7. The number of thiazole rings is 1. The number of nitrogens with two attached hydrogens (primary N) is 1. The number of methoxy groups -OCH3 is 2. The third-order valence-corrected chi connectivity index (χ3v) is 4.37. The van der Waals surface area contributed by atoms with Gasteiger partial charge in [0.1, 0.15) is 11.5 Å². The monoisotopic (exact) mass is 351 g/mol. The molecule has 8 heteroatoms. The molecule has 1 aromatic carbocycles. The Bertz CT molecular complexity index is 767. The molecule has 0 saturated carbocycles. The summed E-state index contributed by atoms with van der Waals surface area (Å²) in [6.07, 6.45) is 0.733. The standard InChI is InChI=1S/C16H21N3O4S/c1-22-12-4-5-13(14(8-12)23-2)15(21)18-16-19(7-3-6-17)11(9-20)10-24-16/h4-5,8,10,20H,3,6-7,9,17H2,1-2H3. The second-order valence-corrected chi connectivity index (χ2v) is 5.78. The van der Waals surface area contributed by atoms with Gasteiger partial charge in [-0.1, -0.05) is 0 Å². The van der Waals surface area contributed by atoms with Crippen LogP contribution in [0.25, 0.3) is 0 Å². The number of nitrogens with zero attached hydrogens (tertiary/aromatic N) is 2. The third-order valence-electron chi connectivity index (χ3n) is 3.46. The van der Waals surface area contributed by atoms with E-state index in [0.29, 0.717) is 40.6 Å². The van der Waals surface area contributed by atoms with Gasteiger partial charge in [0.05, 0.1) is 32.1 Å². The van der Waals surface area contributed by atoms with E-state index < -0.39 is 5.91 Å². The Morgan fingerprint density at radius 3 is 2.79 bits per heavy atom. The van der Waals surface area contributed by atoms with E-state index in [1.165, 1.54) is 18.4 Å². The average Bonchev–Trinajstić information content (AvgIpc) is 3.00. The van der Waals surface area contributed by atoms with Crippen molar-refractivity contribution in [2.45, 2.75) is 19.6 Å². The Kier molecular flexibility index (Phi) is 6.53. The maximum absolute atomic E-state index is 12.5. The highest BCUT2D eigenvalue weighted by Gasteiger charge is 2.14. The van der Waals surface area contributed by atoms with Gasteiger partial charge >= 0.3 is 0 Å². The molecule has 130 valence electrons. The molecule has 0 aliphatic carbocycles. The number of rotatable bonds is 7. The summed E-state index contributed by atoms with van der Waals surface area (Å²) < 4.78 is 12.2. The first-order valence-corrected chi connectivity index (χ1v) is 8.31. The zero-order valence-corrected chi connectivity index (χ0v) is 14.5. The van der Waals surface area contributed by atoms with Crippen molar-refractivity contribution in [3.8, 4) is 11.5 Å². The zero-order chi connectivity index (χ0) is 17.5. The minimum absolute atomic E-state index is 0.114. The van der Waals surface area contributed by atoms with E-state index in [2.05, 4.69) is 4.99 Å². The number of aliphatic hydroxyl groups is 1. The summed E-state index contributed by atoms with van der Waals surface area (Å²) in [6.45, 7) is 1.01. The highest BCUT2D eigenvalue weighted by atomic mass is 32.1. The second kappa shape index (κ2) is 8.62. The van der Waals surface area contributed by atoms with Crippen LogP contribution in [0.15, 0.2) is 28.6 Å². The predicted octanol–water partition coefficient (Wildman–Crippen LogP) is 1.15. The van der Waals surface area contributed by atoms with Crippen LogP contribution in [-0.2, 0) is 13.2 Å². The van der Waals surface area contributed by atoms with Crippen LogP contribution in [0.4, 0.5) is 0 Å². The highest BCUT2D eigenvalue weighted by molar-refractivity contribution is 7.07. The van der Waals surface area contributed by atoms with Crippen LogP contribution in [0.3, 0.4) is 0 Å². The molecule has 2 rings (SSSR count). The van der Waals surface area contributed by atoms with Crippen LogP contribution in [0, 0.1) is 0 Å². The SMILES string of the molecule is COc1ccc(C(=O)N=c2scc(CO)n2CCCN)c(OC)c1. The van der Waals surface area contributed by atoms with Gasteiger partial charge in [-0.3, -0.25) is 4.79 Å². The lowest BCUT2D eigenvalue weighted by atomic mass is 10.2. The normalized spacial score (nSPS) is 11.6. The Morgan fingerprint density at radius 2 is 2.17 bits per heavy atom. The summed E-state index contributed by atoms with van der Waals surface area (Å²) in [5, 5.41) is 11.2. The molecular weight excluding hydrogens is 330 g/mol. The molecule has 3 N–H and O–H groups in total. The number of carbonyl (C=O) groups is 1. The Labute approximate surface area is 144 Å². The van der Waals surface area contributed by atoms with E-state index in [0.717, 1.165) is 6.42 Å². The van der Waals surface area contributed by atoms with E-state index in [1.807, 2.05) is 4.57 Å². The van der Waals surface area contributed by atoms with Crippen LogP contribution < -0.4 is 20.0 Å².